The number of aromatic nitrogens is 2. The second-order valence-corrected chi connectivity index (χ2v) is 4.45. The molecule has 0 aliphatic rings. The molecule has 0 spiro atoms. The van der Waals surface area contributed by atoms with Gasteiger partial charge in [-0.3, -0.25) is 0 Å². The van der Waals surface area contributed by atoms with Crippen LogP contribution in [0, 0.1) is 5.82 Å². The Morgan fingerprint density at radius 1 is 1.25 bits per heavy atom. The second-order valence-electron chi connectivity index (χ2n) is 4.06. The fourth-order valence-corrected chi connectivity index (χ4v) is 1.87. The highest BCUT2D eigenvalue weighted by Crippen LogP contribution is 2.31. The van der Waals surface area contributed by atoms with Crippen LogP contribution in [-0.4, -0.2) is 17.3 Å². The molecule has 0 amide bonds. The monoisotopic (exact) mass is 297 g/mol. The van der Waals surface area contributed by atoms with E-state index in [-0.39, 0.29) is 22.5 Å². The summed E-state index contributed by atoms with van der Waals surface area (Å²) in [6, 6.07) is 5.64. The maximum Gasteiger partial charge on any atom is 0.188 e. The van der Waals surface area contributed by atoms with Crippen molar-refractivity contribution < 1.29 is 13.9 Å². The first-order valence-electron chi connectivity index (χ1n) is 5.80. The summed E-state index contributed by atoms with van der Waals surface area (Å²) in [7, 11) is 1.50. The number of rotatable bonds is 4. The lowest BCUT2D eigenvalue weighted by Crippen LogP contribution is -2.08. The first-order valence-corrected chi connectivity index (χ1v) is 6.18. The van der Waals surface area contributed by atoms with Crippen LogP contribution in [0.3, 0.4) is 0 Å². The lowest BCUT2D eigenvalue weighted by atomic mass is 10.1. The second kappa shape index (κ2) is 5.92. The summed E-state index contributed by atoms with van der Waals surface area (Å²) >= 11 is 5.74. The maximum absolute atomic E-state index is 13.3. The minimum atomic E-state index is -0.497. The van der Waals surface area contributed by atoms with Crippen LogP contribution in [0.5, 0.6) is 11.5 Å². The fraction of sp³-hybridized carbons (Fsp3) is 0.231. The first-order chi connectivity index (χ1) is 9.51. The van der Waals surface area contributed by atoms with Gasteiger partial charge in [-0.25, -0.2) is 4.39 Å². The van der Waals surface area contributed by atoms with Gasteiger partial charge in [-0.15, -0.1) is 10.2 Å². The van der Waals surface area contributed by atoms with Gasteiger partial charge in [0.1, 0.15) is 17.7 Å². The molecule has 0 aliphatic carbocycles. The predicted octanol–water partition coefficient (Wildman–Crippen LogP) is 3.00. The highest BCUT2D eigenvalue weighted by atomic mass is 35.5. The van der Waals surface area contributed by atoms with Crippen molar-refractivity contribution in [2.75, 3.05) is 12.8 Å². The van der Waals surface area contributed by atoms with Gasteiger partial charge in [0.05, 0.1) is 7.11 Å². The van der Waals surface area contributed by atoms with Crippen LogP contribution in [0.15, 0.2) is 24.3 Å². The Hall–Kier alpha value is -2.08. The van der Waals surface area contributed by atoms with Crippen molar-refractivity contribution in [3.05, 3.63) is 40.8 Å². The third-order valence-electron chi connectivity index (χ3n) is 2.69. The summed E-state index contributed by atoms with van der Waals surface area (Å²) < 4.78 is 24.2. The zero-order chi connectivity index (χ0) is 14.7. The van der Waals surface area contributed by atoms with E-state index >= 15 is 0 Å². The summed E-state index contributed by atoms with van der Waals surface area (Å²) in [5.74, 6) is 0.529. The number of nitrogen functional groups attached to an aromatic ring is 1. The topological polar surface area (TPSA) is 70.3 Å². The molecule has 7 heteroatoms. The molecule has 1 unspecified atom stereocenters. The Kier molecular flexibility index (Phi) is 4.24. The zero-order valence-corrected chi connectivity index (χ0v) is 11.7. The molecule has 2 rings (SSSR count). The Balaban J connectivity index is 2.30. The Bertz CT molecular complexity index is 625. The van der Waals surface area contributed by atoms with Crippen LogP contribution in [0.1, 0.15) is 18.6 Å². The van der Waals surface area contributed by atoms with E-state index < -0.39 is 6.10 Å². The van der Waals surface area contributed by atoms with Crippen molar-refractivity contribution in [3.63, 3.8) is 0 Å². The molecule has 0 saturated heterocycles. The van der Waals surface area contributed by atoms with Crippen molar-refractivity contribution in [3.8, 4) is 11.5 Å². The lowest BCUT2D eigenvalue weighted by Gasteiger charge is -2.18. The minimum Gasteiger partial charge on any atom is -0.496 e. The van der Waals surface area contributed by atoms with Crippen LogP contribution in [-0.2, 0) is 0 Å². The highest BCUT2D eigenvalue weighted by Gasteiger charge is 2.16. The van der Waals surface area contributed by atoms with Gasteiger partial charge in [0, 0.05) is 11.6 Å². The molecule has 20 heavy (non-hydrogen) atoms. The average molecular weight is 298 g/mol. The van der Waals surface area contributed by atoms with Crippen molar-refractivity contribution in [1.29, 1.82) is 0 Å². The predicted molar refractivity (Wildman–Crippen MR) is 73.4 cm³/mol. The van der Waals surface area contributed by atoms with Crippen LogP contribution < -0.4 is 15.2 Å². The molecule has 1 aromatic heterocycles. The number of nitrogens with zero attached hydrogens (tertiary/aromatic N) is 2. The number of anilines is 1. The molecule has 0 bridgehead atoms. The SMILES string of the molecule is COc1ccc(F)cc1C(C)Oc1cc(Cl)nnc1N. The summed E-state index contributed by atoms with van der Waals surface area (Å²) in [6.45, 7) is 1.74. The first kappa shape index (κ1) is 14.3. The molecular formula is C13H13ClFN3O2. The molecule has 1 aromatic carbocycles. The molecule has 1 heterocycles. The minimum absolute atomic E-state index is 0.108. The average Bonchev–Trinajstić information content (AvgIpc) is 2.42. The van der Waals surface area contributed by atoms with E-state index in [1.807, 2.05) is 0 Å². The van der Waals surface area contributed by atoms with Crippen LogP contribution in [0.4, 0.5) is 10.2 Å². The van der Waals surface area contributed by atoms with E-state index in [1.54, 1.807) is 6.92 Å². The van der Waals surface area contributed by atoms with Gasteiger partial charge in [0.25, 0.3) is 0 Å². The number of methoxy groups -OCH3 is 1. The molecule has 0 aliphatic heterocycles. The molecule has 0 saturated carbocycles. The number of ether oxygens (including phenoxy) is 2. The third kappa shape index (κ3) is 3.08. The Labute approximate surface area is 120 Å². The van der Waals surface area contributed by atoms with Crippen LogP contribution in [0.2, 0.25) is 5.15 Å². The molecule has 0 radical (unpaired) electrons. The van der Waals surface area contributed by atoms with Crippen molar-refractivity contribution in [1.82, 2.24) is 10.2 Å². The van der Waals surface area contributed by atoms with Gasteiger partial charge < -0.3 is 15.2 Å². The number of benzene rings is 1. The van der Waals surface area contributed by atoms with E-state index in [0.717, 1.165) is 0 Å². The van der Waals surface area contributed by atoms with E-state index in [9.17, 15) is 4.39 Å². The summed E-state index contributed by atoms with van der Waals surface area (Å²) in [6.07, 6.45) is -0.497. The molecule has 2 N–H and O–H groups in total. The van der Waals surface area contributed by atoms with Crippen molar-refractivity contribution in [2.24, 2.45) is 0 Å². The number of nitrogens with two attached hydrogens (primary N) is 1. The van der Waals surface area contributed by atoms with Crippen molar-refractivity contribution >= 4 is 17.4 Å². The molecule has 0 fully saturated rings. The molecule has 106 valence electrons. The Morgan fingerprint density at radius 2 is 2.00 bits per heavy atom. The van der Waals surface area contributed by atoms with E-state index in [4.69, 9.17) is 26.8 Å². The number of hydrogen-bond donors (Lipinski definition) is 1. The Morgan fingerprint density at radius 3 is 2.70 bits per heavy atom. The van der Waals surface area contributed by atoms with E-state index in [1.165, 1.54) is 31.4 Å². The molecule has 1 atom stereocenters. The van der Waals surface area contributed by atoms with Gasteiger partial charge in [0.2, 0.25) is 0 Å². The standard InChI is InChI=1S/C13H13ClFN3O2/c1-7(9-5-8(15)3-4-10(9)19-2)20-11-6-12(14)17-18-13(11)16/h3-7H,1-2H3,(H2,16,18). The number of hydrogen-bond acceptors (Lipinski definition) is 5. The largest absolute Gasteiger partial charge is 0.496 e. The van der Waals surface area contributed by atoms with Gasteiger partial charge in [-0.1, -0.05) is 11.6 Å². The van der Waals surface area contributed by atoms with Gasteiger partial charge >= 0.3 is 0 Å². The fourth-order valence-electron chi connectivity index (χ4n) is 1.73. The summed E-state index contributed by atoms with van der Waals surface area (Å²) in [5.41, 5.74) is 6.21. The number of halogens is 2. The maximum atomic E-state index is 13.3. The van der Waals surface area contributed by atoms with Gasteiger partial charge in [0.15, 0.2) is 16.7 Å². The molecule has 2 aromatic rings. The van der Waals surface area contributed by atoms with Gasteiger partial charge in [-0.05, 0) is 25.1 Å². The third-order valence-corrected chi connectivity index (χ3v) is 2.87. The highest BCUT2D eigenvalue weighted by molar-refractivity contribution is 6.29. The van der Waals surface area contributed by atoms with Crippen LogP contribution >= 0.6 is 11.6 Å². The van der Waals surface area contributed by atoms with Gasteiger partial charge in [-0.2, -0.15) is 0 Å². The molecule has 5 nitrogen and oxygen atoms in total. The van der Waals surface area contributed by atoms with E-state index in [0.29, 0.717) is 11.3 Å². The normalized spacial score (nSPS) is 12.0. The van der Waals surface area contributed by atoms with Crippen LogP contribution in [0.25, 0.3) is 0 Å². The summed E-state index contributed by atoms with van der Waals surface area (Å²) in [4.78, 5) is 0. The zero-order valence-electron chi connectivity index (χ0n) is 10.9. The smallest absolute Gasteiger partial charge is 0.188 e. The quantitative estimate of drug-likeness (QED) is 0.939. The molecular weight excluding hydrogens is 285 g/mol. The van der Waals surface area contributed by atoms with E-state index in [2.05, 4.69) is 10.2 Å². The summed E-state index contributed by atoms with van der Waals surface area (Å²) in [5, 5.41) is 7.40. The van der Waals surface area contributed by atoms with Crippen molar-refractivity contribution in [2.45, 2.75) is 13.0 Å². The lowest BCUT2D eigenvalue weighted by molar-refractivity contribution is 0.221.